The average molecular weight is 237 g/mol. The predicted molar refractivity (Wildman–Crippen MR) is 67.5 cm³/mol. The van der Waals surface area contributed by atoms with Crippen molar-refractivity contribution in [2.75, 3.05) is 0 Å². The Morgan fingerprint density at radius 2 is 1.94 bits per heavy atom. The van der Waals surface area contributed by atoms with Gasteiger partial charge < -0.3 is 4.43 Å². The summed E-state index contributed by atoms with van der Waals surface area (Å²) in [4.78, 5) is 0. The van der Waals surface area contributed by atoms with Gasteiger partial charge in [-0.3, -0.25) is 0 Å². The third-order valence-corrected chi connectivity index (χ3v) is 9.40. The van der Waals surface area contributed by atoms with Gasteiger partial charge in [-0.15, -0.1) is 0 Å². The van der Waals surface area contributed by atoms with E-state index in [1.54, 1.807) is 0 Å². The quantitative estimate of drug-likeness (QED) is 0.686. The standard InChI is InChI=1S/C13H23NOSi/c1-12(2,3)16(4,5)15-11-6-10-7-13(10,8-11)9-14/h10-11H,6-8H2,1-5H3/t10-,11+,13-/m1/s1. The third-order valence-electron chi connectivity index (χ3n) is 4.86. The van der Waals surface area contributed by atoms with Gasteiger partial charge in [0.05, 0.1) is 11.5 Å². The molecule has 0 bridgehead atoms. The number of rotatable bonds is 2. The van der Waals surface area contributed by atoms with Crippen LogP contribution in [0.4, 0.5) is 0 Å². The van der Waals surface area contributed by atoms with Crippen molar-refractivity contribution in [1.82, 2.24) is 0 Å². The summed E-state index contributed by atoms with van der Waals surface area (Å²) in [6.45, 7) is 11.4. The normalized spacial score (nSPS) is 38.0. The first kappa shape index (κ1) is 12.1. The van der Waals surface area contributed by atoms with E-state index in [-0.39, 0.29) is 10.5 Å². The van der Waals surface area contributed by atoms with E-state index >= 15 is 0 Å². The Morgan fingerprint density at radius 1 is 1.31 bits per heavy atom. The Morgan fingerprint density at radius 3 is 2.38 bits per heavy atom. The van der Waals surface area contributed by atoms with E-state index in [0.717, 1.165) is 19.3 Å². The van der Waals surface area contributed by atoms with E-state index in [1.165, 1.54) is 0 Å². The van der Waals surface area contributed by atoms with Crippen LogP contribution in [0, 0.1) is 22.7 Å². The zero-order valence-electron chi connectivity index (χ0n) is 11.1. The first-order chi connectivity index (χ1) is 7.20. The lowest BCUT2D eigenvalue weighted by Gasteiger charge is -2.38. The average Bonchev–Trinajstić information content (AvgIpc) is 2.67. The molecule has 2 fully saturated rings. The molecule has 0 N–H and O–H groups in total. The molecule has 0 unspecified atom stereocenters. The van der Waals surface area contributed by atoms with Crippen molar-refractivity contribution in [3.8, 4) is 6.07 Å². The van der Waals surface area contributed by atoms with Crippen LogP contribution in [0.3, 0.4) is 0 Å². The minimum Gasteiger partial charge on any atom is -0.414 e. The lowest BCUT2D eigenvalue weighted by molar-refractivity contribution is 0.170. The molecular weight excluding hydrogens is 214 g/mol. The van der Waals surface area contributed by atoms with Crippen LogP contribution in [0.15, 0.2) is 0 Å². The van der Waals surface area contributed by atoms with Crippen molar-refractivity contribution in [2.45, 2.75) is 64.3 Å². The Bertz CT molecular complexity index is 339. The summed E-state index contributed by atoms with van der Waals surface area (Å²) < 4.78 is 6.38. The predicted octanol–water partition coefficient (Wildman–Crippen LogP) is 3.70. The first-order valence-electron chi connectivity index (χ1n) is 6.29. The summed E-state index contributed by atoms with van der Waals surface area (Å²) in [5.74, 6) is 0.646. The van der Waals surface area contributed by atoms with Crippen molar-refractivity contribution in [2.24, 2.45) is 11.3 Å². The molecule has 0 spiro atoms. The summed E-state index contributed by atoms with van der Waals surface area (Å²) >= 11 is 0. The molecule has 2 saturated carbocycles. The van der Waals surface area contributed by atoms with Crippen LogP contribution in [0.25, 0.3) is 0 Å². The van der Waals surface area contributed by atoms with Gasteiger partial charge in [-0.25, -0.2) is 0 Å². The van der Waals surface area contributed by atoms with E-state index in [1.807, 2.05) is 0 Å². The van der Waals surface area contributed by atoms with E-state index in [0.29, 0.717) is 12.0 Å². The van der Waals surface area contributed by atoms with Gasteiger partial charge in [0.2, 0.25) is 0 Å². The van der Waals surface area contributed by atoms with Crippen molar-refractivity contribution < 1.29 is 4.43 Å². The van der Waals surface area contributed by atoms with E-state index in [9.17, 15) is 0 Å². The largest absolute Gasteiger partial charge is 0.414 e. The molecule has 2 aliphatic carbocycles. The number of fused-ring (bicyclic) bond motifs is 1. The van der Waals surface area contributed by atoms with Gasteiger partial charge >= 0.3 is 0 Å². The monoisotopic (exact) mass is 237 g/mol. The fourth-order valence-corrected chi connectivity index (χ4v) is 3.98. The lowest BCUT2D eigenvalue weighted by Crippen LogP contribution is -2.43. The van der Waals surface area contributed by atoms with Crippen LogP contribution in [-0.4, -0.2) is 14.4 Å². The third kappa shape index (κ3) is 1.82. The molecule has 3 heteroatoms. The van der Waals surface area contributed by atoms with Gasteiger partial charge in [-0.05, 0) is 43.3 Å². The molecule has 0 aliphatic heterocycles. The molecule has 2 nitrogen and oxygen atoms in total. The highest BCUT2D eigenvalue weighted by Crippen LogP contribution is 2.64. The highest BCUT2D eigenvalue weighted by molar-refractivity contribution is 6.74. The Hall–Kier alpha value is -0.333. The highest BCUT2D eigenvalue weighted by Gasteiger charge is 2.62. The minimum atomic E-state index is -1.63. The van der Waals surface area contributed by atoms with Crippen molar-refractivity contribution in [3.05, 3.63) is 0 Å². The van der Waals surface area contributed by atoms with Gasteiger partial charge in [0.1, 0.15) is 0 Å². The van der Waals surface area contributed by atoms with Crippen LogP contribution < -0.4 is 0 Å². The maximum Gasteiger partial charge on any atom is 0.192 e. The number of hydrogen-bond donors (Lipinski definition) is 0. The molecule has 0 saturated heterocycles. The van der Waals surface area contributed by atoms with Gasteiger partial charge in [-0.2, -0.15) is 5.26 Å². The van der Waals surface area contributed by atoms with Crippen molar-refractivity contribution >= 4 is 8.32 Å². The Balaban J connectivity index is 1.97. The maximum absolute atomic E-state index is 9.15. The van der Waals surface area contributed by atoms with Crippen molar-refractivity contribution in [1.29, 1.82) is 5.26 Å². The Kier molecular flexibility index (Phi) is 2.53. The lowest BCUT2D eigenvalue weighted by atomic mass is 10.1. The zero-order chi connectivity index (χ0) is 12.2. The molecule has 3 atom stereocenters. The summed E-state index contributed by atoms with van der Waals surface area (Å²) in [6, 6.07) is 2.50. The molecule has 0 radical (unpaired) electrons. The molecule has 0 aromatic carbocycles. The van der Waals surface area contributed by atoms with Crippen LogP contribution in [0.1, 0.15) is 40.0 Å². The first-order valence-corrected chi connectivity index (χ1v) is 9.20. The highest BCUT2D eigenvalue weighted by atomic mass is 28.4. The molecule has 0 amide bonds. The number of nitrogens with zero attached hydrogens (tertiary/aromatic N) is 1. The van der Waals surface area contributed by atoms with E-state index in [4.69, 9.17) is 9.69 Å². The number of nitriles is 1. The van der Waals surface area contributed by atoms with E-state index < -0.39 is 8.32 Å². The minimum absolute atomic E-state index is 0.0209. The summed E-state index contributed by atoms with van der Waals surface area (Å²) in [6.07, 6.45) is 3.60. The van der Waals surface area contributed by atoms with Gasteiger partial charge in [0.15, 0.2) is 8.32 Å². The second kappa shape index (κ2) is 3.33. The summed E-state index contributed by atoms with van der Waals surface area (Å²) in [5.41, 5.74) is 0.0209. The second-order valence-corrected chi connectivity index (χ2v) is 11.9. The molecule has 2 aliphatic rings. The maximum atomic E-state index is 9.15. The van der Waals surface area contributed by atoms with Gasteiger partial charge in [-0.1, -0.05) is 20.8 Å². The second-order valence-electron chi connectivity index (χ2n) is 7.11. The molecule has 16 heavy (non-hydrogen) atoms. The molecule has 0 aromatic rings. The van der Waals surface area contributed by atoms with Crippen LogP contribution in [0.2, 0.25) is 18.1 Å². The zero-order valence-corrected chi connectivity index (χ0v) is 12.1. The van der Waals surface area contributed by atoms with Crippen molar-refractivity contribution in [3.63, 3.8) is 0 Å². The topological polar surface area (TPSA) is 33.0 Å². The molecule has 90 valence electrons. The molecule has 2 rings (SSSR count). The summed E-state index contributed by atoms with van der Waals surface area (Å²) in [7, 11) is -1.63. The fourth-order valence-electron chi connectivity index (χ4n) is 2.61. The van der Waals surface area contributed by atoms with E-state index in [2.05, 4.69) is 39.9 Å². The summed E-state index contributed by atoms with van der Waals surface area (Å²) in [5, 5.41) is 9.43. The molecule has 0 aromatic heterocycles. The molecular formula is C13H23NOSi. The van der Waals surface area contributed by atoms with Gasteiger partial charge in [0, 0.05) is 6.10 Å². The van der Waals surface area contributed by atoms with Crippen LogP contribution in [-0.2, 0) is 4.43 Å². The van der Waals surface area contributed by atoms with Crippen LogP contribution in [0.5, 0.6) is 0 Å². The van der Waals surface area contributed by atoms with Gasteiger partial charge in [0.25, 0.3) is 0 Å². The smallest absolute Gasteiger partial charge is 0.192 e. The van der Waals surface area contributed by atoms with Crippen LogP contribution >= 0.6 is 0 Å². The fraction of sp³-hybridized carbons (Fsp3) is 0.923. The Labute approximate surface area is 100 Å². The SMILES string of the molecule is CC(C)(C)[Si](C)(C)O[C@H]1C[C@@H]2C[C@]2(C#N)C1. The molecule has 0 heterocycles. The number of hydrogen-bond acceptors (Lipinski definition) is 2.